The van der Waals surface area contributed by atoms with E-state index in [1.165, 1.54) is 6.07 Å². The third kappa shape index (κ3) is 3.33. The van der Waals surface area contributed by atoms with Crippen molar-refractivity contribution in [1.82, 2.24) is 0 Å². The van der Waals surface area contributed by atoms with Crippen LogP contribution in [0.1, 0.15) is 38.2 Å². The van der Waals surface area contributed by atoms with Crippen LogP contribution in [0.4, 0.5) is 5.69 Å². The number of carbonyl (C=O) groups is 1. The van der Waals surface area contributed by atoms with Crippen molar-refractivity contribution in [3.8, 4) is 22.3 Å². The minimum absolute atomic E-state index is 0.0459. The lowest BCUT2D eigenvalue weighted by Crippen LogP contribution is -2.01. The molecule has 142 valence electrons. The van der Waals surface area contributed by atoms with E-state index in [2.05, 4.69) is 0 Å². The van der Waals surface area contributed by atoms with E-state index < -0.39 is 4.92 Å². The zero-order chi connectivity index (χ0) is 20.6. The fourth-order valence-corrected chi connectivity index (χ4v) is 3.60. The number of nitro benzene ring substituents is 1. The van der Waals surface area contributed by atoms with Crippen molar-refractivity contribution in [1.29, 1.82) is 0 Å². The molecule has 0 radical (unpaired) electrons. The van der Waals surface area contributed by atoms with Crippen LogP contribution in [0.5, 0.6) is 0 Å². The first-order chi connectivity index (χ1) is 13.2. The van der Waals surface area contributed by atoms with Crippen molar-refractivity contribution in [2.75, 3.05) is 0 Å². The summed E-state index contributed by atoms with van der Waals surface area (Å²) in [6, 6.07) is 13.2. The Hall–Kier alpha value is -3.27. The van der Waals surface area contributed by atoms with Crippen LogP contribution >= 0.6 is 0 Å². The highest BCUT2D eigenvalue weighted by molar-refractivity contribution is 5.96. The summed E-state index contributed by atoms with van der Waals surface area (Å²) in [5.41, 5.74) is 8.48. The summed E-state index contributed by atoms with van der Waals surface area (Å²) in [5, 5.41) is 11.8. The largest absolute Gasteiger partial charge is 0.298 e. The minimum Gasteiger partial charge on any atom is -0.298 e. The molecule has 3 aromatic rings. The van der Waals surface area contributed by atoms with E-state index in [0.717, 1.165) is 44.5 Å². The van der Waals surface area contributed by atoms with Gasteiger partial charge in [0.05, 0.1) is 10.5 Å². The van der Waals surface area contributed by atoms with E-state index in [-0.39, 0.29) is 5.69 Å². The van der Waals surface area contributed by atoms with Gasteiger partial charge in [0.2, 0.25) is 0 Å². The van der Waals surface area contributed by atoms with Gasteiger partial charge in [0.1, 0.15) is 0 Å². The van der Waals surface area contributed by atoms with Gasteiger partial charge in [-0.3, -0.25) is 14.9 Å². The molecule has 0 atom stereocenters. The molecular weight excluding hydrogens is 350 g/mol. The highest BCUT2D eigenvalue weighted by atomic mass is 16.6. The molecule has 0 N–H and O–H groups in total. The molecule has 0 aliphatic carbocycles. The molecule has 4 nitrogen and oxygen atoms in total. The first-order valence-corrected chi connectivity index (χ1v) is 9.17. The molecule has 0 spiro atoms. The second kappa shape index (κ2) is 7.39. The van der Waals surface area contributed by atoms with E-state index in [9.17, 15) is 14.9 Å². The Morgan fingerprint density at radius 3 is 1.68 bits per heavy atom. The van der Waals surface area contributed by atoms with Crippen LogP contribution in [0.15, 0.2) is 42.5 Å². The first kappa shape index (κ1) is 19.5. The van der Waals surface area contributed by atoms with E-state index >= 15 is 0 Å². The average molecular weight is 373 g/mol. The number of hydrogen-bond donors (Lipinski definition) is 0. The quantitative estimate of drug-likeness (QED) is 0.307. The summed E-state index contributed by atoms with van der Waals surface area (Å²) in [4.78, 5) is 23.2. The first-order valence-electron chi connectivity index (χ1n) is 9.17. The van der Waals surface area contributed by atoms with E-state index in [0.29, 0.717) is 17.4 Å². The second-order valence-corrected chi connectivity index (χ2v) is 7.33. The van der Waals surface area contributed by atoms with Gasteiger partial charge in [-0.1, -0.05) is 36.4 Å². The van der Waals surface area contributed by atoms with Crippen molar-refractivity contribution < 1.29 is 9.72 Å². The van der Waals surface area contributed by atoms with Gasteiger partial charge in [0, 0.05) is 11.6 Å². The molecule has 0 unspecified atom stereocenters. The van der Waals surface area contributed by atoms with Crippen LogP contribution in [0.25, 0.3) is 22.3 Å². The predicted octanol–water partition coefficient (Wildman–Crippen LogP) is 6.28. The van der Waals surface area contributed by atoms with Crippen LogP contribution in [-0.2, 0) is 0 Å². The van der Waals surface area contributed by atoms with Crippen LogP contribution < -0.4 is 0 Å². The van der Waals surface area contributed by atoms with Gasteiger partial charge in [-0.05, 0) is 79.1 Å². The molecule has 4 heteroatoms. The third-order valence-electron chi connectivity index (χ3n) is 5.50. The summed E-state index contributed by atoms with van der Waals surface area (Å²) < 4.78 is 0. The van der Waals surface area contributed by atoms with Crippen molar-refractivity contribution in [2.45, 2.75) is 34.6 Å². The summed E-state index contributed by atoms with van der Waals surface area (Å²) in [6.07, 6.45) is 0.703. The maximum atomic E-state index is 11.8. The van der Waals surface area contributed by atoms with Gasteiger partial charge in [0.25, 0.3) is 5.69 Å². The molecular formula is C24H23NO3. The van der Waals surface area contributed by atoms with E-state index in [1.807, 2.05) is 71.0 Å². The van der Waals surface area contributed by atoms with Crippen molar-refractivity contribution in [3.05, 3.63) is 86.0 Å². The Morgan fingerprint density at radius 1 is 0.750 bits per heavy atom. The molecule has 28 heavy (non-hydrogen) atoms. The fourth-order valence-electron chi connectivity index (χ4n) is 3.60. The summed E-state index contributed by atoms with van der Waals surface area (Å²) in [7, 11) is 0. The second-order valence-electron chi connectivity index (χ2n) is 7.33. The van der Waals surface area contributed by atoms with Crippen molar-refractivity contribution in [2.24, 2.45) is 0 Å². The molecule has 0 fully saturated rings. The van der Waals surface area contributed by atoms with Gasteiger partial charge < -0.3 is 0 Å². The monoisotopic (exact) mass is 373 g/mol. The van der Waals surface area contributed by atoms with Gasteiger partial charge in [-0.25, -0.2) is 0 Å². The topological polar surface area (TPSA) is 60.2 Å². The van der Waals surface area contributed by atoms with Crippen molar-refractivity contribution in [3.63, 3.8) is 0 Å². The van der Waals surface area contributed by atoms with Gasteiger partial charge in [-0.2, -0.15) is 0 Å². The lowest BCUT2D eigenvalue weighted by Gasteiger charge is -2.17. The molecule has 0 saturated carbocycles. The molecule has 0 aliphatic heterocycles. The molecule has 3 rings (SSSR count). The average Bonchev–Trinajstić information content (AvgIpc) is 2.65. The highest BCUT2D eigenvalue weighted by Crippen LogP contribution is 2.41. The number of nitro groups is 1. The Morgan fingerprint density at radius 2 is 1.25 bits per heavy atom. The molecule has 0 heterocycles. The molecule has 0 aromatic heterocycles. The lowest BCUT2D eigenvalue weighted by atomic mass is 9.86. The lowest BCUT2D eigenvalue weighted by molar-refractivity contribution is -0.384. The summed E-state index contributed by atoms with van der Waals surface area (Å²) >= 11 is 0. The minimum atomic E-state index is -0.408. The number of carbonyl (C=O) groups excluding carboxylic acids is 1. The zero-order valence-electron chi connectivity index (χ0n) is 16.8. The Bertz CT molecular complexity index is 1110. The number of benzene rings is 3. The van der Waals surface area contributed by atoms with Gasteiger partial charge >= 0.3 is 0 Å². The van der Waals surface area contributed by atoms with Crippen LogP contribution in [0, 0.1) is 44.7 Å². The molecule has 0 amide bonds. The number of aldehydes is 1. The molecule has 0 bridgehead atoms. The van der Waals surface area contributed by atoms with E-state index in [1.54, 1.807) is 0 Å². The van der Waals surface area contributed by atoms with Crippen LogP contribution in [0.2, 0.25) is 0 Å². The van der Waals surface area contributed by atoms with Crippen molar-refractivity contribution >= 4 is 12.0 Å². The Balaban J connectivity index is 2.40. The predicted molar refractivity (Wildman–Crippen MR) is 113 cm³/mol. The Kier molecular flexibility index (Phi) is 5.14. The van der Waals surface area contributed by atoms with Crippen LogP contribution in [-0.4, -0.2) is 11.2 Å². The zero-order valence-corrected chi connectivity index (χ0v) is 16.8. The van der Waals surface area contributed by atoms with Gasteiger partial charge in [-0.15, -0.1) is 0 Å². The number of rotatable bonds is 4. The third-order valence-corrected chi connectivity index (χ3v) is 5.50. The maximum Gasteiger partial charge on any atom is 0.278 e. The summed E-state index contributed by atoms with van der Waals surface area (Å²) in [6.45, 7) is 9.91. The molecule has 3 aromatic carbocycles. The number of nitrogens with zero attached hydrogens (tertiary/aromatic N) is 1. The smallest absolute Gasteiger partial charge is 0.278 e. The van der Waals surface area contributed by atoms with E-state index in [4.69, 9.17) is 0 Å². The normalized spacial score (nSPS) is 10.8. The molecule has 0 aliphatic rings. The fraction of sp³-hybridized carbons (Fsp3) is 0.208. The highest BCUT2D eigenvalue weighted by Gasteiger charge is 2.24. The van der Waals surface area contributed by atoms with Gasteiger partial charge in [0.15, 0.2) is 6.29 Å². The Labute approximate surface area is 165 Å². The number of hydrogen-bond acceptors (Lipinski definition) is 3. The standard InChI is InChI=1S/C24H23NO3/c1-14-6-8-19(10-16(14)3)23-18(5)24(20-9-7-15(2)17(4)11-20)22(25(27)28)12-21(23)13-26/h6-13H,1-5H3. The maximum absolute atomic E-state index is 11.8. The molecule has 0 saturated heterocycles. The SMILES string of the molecule is Cc1ccc(-c2c(C=O)cc([N+](=O)[O-])c(-c3ccc(C)c(C)c3)c2C)cc1C. The summed E-state index contributed by atoms with van der Waals surface area (Å²) in [5.74, 6) is 0. The van der Waals surface area contributed by atoms with Crippen LogP contribution in [0.3, 0.4) is 0 Å². The number of aryl methyl sites for hydroxylation is 4.